The van der Waals surface area contributed by atoms with Crippen LogP contribution in [0.25, 0.3) is 0 Å². The number of hydrogen-bond donors (Lipinski definition) is 2. The van der Waals surface area contributed by atoms with Crippen LogP contribution in [0.4, 0.5) is 0 Å². The Morgan fingerprint density at radius 3 is 2.33 bits per heavy atom. The normalized spacial score (nSPS) is 11.8. The molecule has 0 aliphatic heterocycles. The van der Waals surface area contributed by atoms with Crippen molar-refractivity contribution in [1.82, 2.24) is 0 Å². The van der Waals surface area contributed by atoms with Crippen LogP contribution in [-0.4, -0.2) is 23.4 Å². The lowest BCUT2D eigenvalue weighted by Gasteiger charge is -2.25. The summed E-state index contributed by atoms with van der Waals surface area (Å²) in [6, 6.07) is 5.36. The SMILES string of the molecule is CC(CO)(CO)Cc1cccc(Cl)c1Cl. The number of hydrogen-bond acceptors (Lipinski definition) is 2. The Hall–Kier alpha value is -0.280. The van der Waals surface area contributed by atoms with Gasteiger partial charge in [0.15, 0.2) is 0 Å². The molecule has 0 spiro atoms. The van der Waals surface area contributed by atoms with Gasteiger partial charge < -0.3 is 10.2 Å². The molecule has 0 radical (unpaired) electrons. The molecule has 1 aromatic carbocycles. The third kappa shape index (κ3) is 3.08. The highest BCUT2D eigenvalue weighted by Crippen LogP contribution is 2.30. The first kappa shape index (κ1) is 12.8. The van der Waals surface area contributed by atoms with Gasteiger partial charge in [0.05, 0.1) is 23.3 Å². The lowest BCUT2D eigenvalue weighted by Crippen LogP contribution is -2.28. The van der Waals surface area contributed by atoms with Gasteiger partial charge in [-0.1, -0.05) is 42.3 Å². The second-order valence-electron chi connectivity index (χ2n) is 4.02. The van der Waals surface area contributed by atoms with E-state index in [1.54, 1.807) is 19.1 Å². The second kappa shape index (κ2) is 5.17. The third-order valence-electron chi connectivity index (χ3n) is 2.41. The van der Waals surface area contributed by atoms with Crippen molar-refractivity contribution in [3.05, 3.63) is 33.8 Å². The lowest BCUT2D eigenvalue weighted by atomic mass is 9.85. The largest absolute Gasteiger partial charge is 0.396 e. The van der Waals surface area contributed by atoms with E-state index in [-0.39, 0.29) is 13.2 Å². The topological polar surface area (TPSA) is 40.5 Å². The summed E-state index contributed by atoms with van der Waals surface area (Å²) in [5.74, 6) is 0. The van der Waals surface area contributed by atoms with Crippen LogP contribution in [0.15, 0.2) is 18.2 Å². The van der Waals surface area contributed by atoms with Crippen molar-refractivity contribution in [3.63, 3.8) is 0 Å². The Morgan fingerprint density at radius 1 is 1.20 bits per heavy atom. The van der Waals surface area contributed by atoms with Crippen LogP contribution in [0.5, 0.6) is 0 Å². The van der Waals surface area contributed by atoms with Crippen LogP contribution < -0.4 is 0 Å². The molecular weight excluding hydrogens is 235 g/mol. The van der Waals surface area contributed by atoms with Gasteiger partial charge in [0.1, 0.15) is 0 Å². The van der Waals surface area contributed by atoms with Crippen molar-refractivity contribution >= 4 is 23.2 Å². The van der Waals surface area contributed by atoms with Gasteiger partial charge in [-0.2, -0.15) is 0 Å². The quantitative estimate of drug-likeness (QED) is 0.860. The molecule has 0 heterocycles. The smallest absolute Gasteiger partial charge is 0.0624 e. The molecule has 2 nitrogen and oxygen atoms in total. The molecule has 0 fully saturated rings. The van der Waals surface area contributed by atoms with E-state index in [4.69, 9.17) is 23.2 Å². The van der Waals surface area contributed by atoms with E-state index in [0.29, 0.717) is 16.5 Å². The zero-order chi connectivity index (χ0) is 11.5. The van der Waals surface area contributed by atoms with E-state index >= 15 is 0 Å². The van der Waals surface area contributed by atoms with Crippen LogP contribution in [0.2, 0.25) is 10.0 Å². The highest BCUT2D eigenvalue weighted by molar-refractivity contribution is 6.42. The number of halogens is 2. The summed E-state index contributed by atoms with van der Waals surface area (Å²) in [5, 5.41) is 19.3. The maximum atomic E-state index is 9.17. The summed E-state index contributed by atoms with van der Waals surface area (Å²) in [5.41, 5.74) is 0.281. The van der Waals surface area contributed by atoms with Crippen LogP contribution in [0.1, 0.15) is 12.5 Å². The predicted octanol–water partition coefficient (Wildman–Crippen LogP) is 2.53. The first-order valence-corrected chi connectivity index (χ1v) is 5.42. The Morgan fingerprint density at radius 2 is 1.80 bits per heavy atom. The van der Waals surface area contributed by atoms with Gasteiger partial charge in [-0.05, 0) is 18.1 Å². The highest BCUT2D eigenvalue weighted by atomic mass is 35.5. The van der Waals surface area contributed by atoms with Gasteiger partial charge >= 0.3 is 0 Å². The molecule has 84 valence electrons. The van der Waals surface area contributed by atoms with Gasteiger partial charge in [0, 0.05) is 5.41 Å². The zero-order valence-electron chi connectivity index (χ0n) is 8.50. The van der Waals surface area contributed by atoms with Crippen molar-refractivity contribution in [3.8, 4) is 0 Å². The number of rotatable bonds is 4. The fourth-order valence-corrected chi connectivity index (χ4v) is 1.69. The predicted molar refractivity (Wildman–Crippen MR) is 62.4 cm³/mol. The van der Waals surface area contributed by atoms with Crippen LogP contribution in [-0.2, 0) is 6.42 Å². The van der Waals surface area contributed by atoms with Gasteiger partial charge in [-0.3, -0.25) is 0 Å². The molecule has 0 saturated heterocycles. The molecule has 15 heavy (non-hydrogen) atoms. The van der Waals surface area contributed by atoms with Crippen molar-refractivity contribution in [1.29, 1.82) is 0 Å². The molecule has 0 bridgehead atoms. The van der Waals surface area contributed by atoms with E-state index in [9.17, 15) is 10.2 Å². The molecule has 1 rings (SSSR count). The van der Waals surface area contributed by atoms with Gasteiger partial charge in [-0.15, -0.1) is 0 Å². The average Bonchev–Trinajstić information content (AvgIpc) is 2.25. The summed E-state index contributed by atoms with van der Waals surface area (Å²) < 4.78 is 0. The number of aliphatic hydroxyl groups excluding tert-OH is 2. The molecule has 0 saturated carbocycles. The molecule has 4 heteroatoms. The Labute approximate surface area is 99.5 Å². The number of aliphatic hydroxyl groups is 2. The van der Waals surface area contributed by atoms with E-state index < -0.39 is 5.41 Å². The third-order valence-corrected chi connectivity index (χ3v) is 3.27. The number of benzene rings is 1. The standard InChI is InChI=1S/C11H14Cl2O2/c1-11(6-14,7-15)5-8-3-2-4-9(12)10(8)13/h2-4,14-15H,5-7H2,1H3. The van der Waals surface area contributed by atoms with Crippen LogP contribution in [0.3, 0.4) is 0 Å². The molecule has 0 atom stereocenters. The van der Waals surface area contributed by atoms with E-state index in [0.717, 1.165) is 5.56 Å². The maximum Gasteiger partial charge on any atom is 0.0624 e. The highest BCUT2D eigenvalue weighted by Gasteiger charge is 2.24. The molecule has 2 N–H and O–H groups in total. The Balaban J connectivity index is 2.94. The summed E-state index contributed by atoms with van der Waals surface area (Å²) in [6.07, 6.45) is 0.499. The molecule has 1 aromatic rings. The van der Waals surface area contributed by atoms with Crippen molar-refractivity contribution in [2.24, 2.45) is 5.41 Å². The first-order valence-electron chi connectivity index (χ1n) is 4.67. The lowest BCUT2D eigenvalue weighted by molar-refractivity contribution is 0.0704. The van der Waals surface area contributed by atoms with E-state index in [2.05, 4.69) is 0 Å². The fraction of sp³-hybridized carbons (Fsp3) is 0.455. The van der Waals surface area contributed by atoms with Crippen molar-refractivity contribution in [2.45, 2.75) is 13.3 Å². The molecule has 0 aromatic heterocycles. The summed E-state index contributed by atoms with van der Waals surface area (Å²) in [7, 11) is 0. The minimum Gasteiger partial charge on any atom is -0.396 e. The van der Waals surface area contributed by atoms with Crippen molar-refractivity contribution in [2.75, 3.05) is 13.2 Å². The molecule has 0 aliphatic carbocycles. The van der Waals surface area contributed by atoms with Gasteiger partial charge in [0.25, 0.3) is 0 Å². The molecular formula is C11H14Cl2O2. The Kier molecular flexibility index (Phi) is 4.41. The molecule has 0 unspecified atom stereocenters. The minimum absolute atomic E-state index is 0.0909. The summed E-state index contributed by atoms with van der Waals surface area (Å²) >= 11 is 11.9. The second-order valence-corrected chi connectivity index (χ2v) is 4.80. The Bertz CT molecular complexity index is 335. The average molecular weight is 249 g/mol. The van der Waals surface area contributed by atoms with Gasteiger partial charge in [-0.25, -0.2) is 0 Å². The molecule has 0 amide bonds. The maximum absolute atomic E-state index is 9.17. The zero-order valence-corrected chi connectivity index (χ0v) is 10.0. The summed E-state index contributed by atoms with van der Waals surface area (Å²) in [4.78, 5) is 0. The van der Waals surface area contributed by atoms with Gasteiger partial charge in [0.2, 0.25) is 0 Å². The monoisotopic (exact) mass is 248 g/mol. The summed E-state index contributed by atoms with van der Waals surface area (Å²) in [6.45, 7) is 1.61. The van der Waals surface area contributed by atoms with E-state index in [1.807, 2.05) is 6.07 Å². The van der Waals surface area contributed by atoms with Crippen LogP contribution >= 0.6 is 23.2 Å². The molecule has 0 aliphatic rings. The minimum atomic E-state index is -0.561. The van der Waals surface area contributed by atoms with Crippen molar-refractivity contribution < 1.29 is 10.2 Å². The van der Waals surface area contributed by atoms with E-state index in [1.165, 1.54) is 0 Å². The fourth-order valence-electron chi connectivity index (χ4n) is 1.31. The van der Waals surface area contributed by atoms with Crippen LogP contribution in [0, 0.1) is 5.41 Å². The first-order chi connectivity index (χ1) is 7.02.